The van der Waals surface area contributed by atoms with Crippen LogP contribution in [0, 0.1) is 17.2 Å². The standard InChI is InChI=1S/C20H21F3N4O2/c1-13-12-26(18(28)19(2,29)20(21,22)23)10-8-16(13)17-7-9-25-27(17)15-5-3-14(11-24)4-6-15/h3-7,9,13,16,29H,8,10,12H2,1-2H3/t13-,16?,19-/m1/s1. The summed E-state index contributed by atoms with van der Waals surface area (Å²) in [7, 11) is 0. The number of rotatable bonds is 3. The van der Waals surface area contributed by atoms with Gasteiger partial charge >= 0.3 is 6.18 Å². The molecule has 1 aliphatic rings. The number of likely N-dealkylation sites (tertiary alicyclic amines) is 1. The van der Waals surface area contributed by atoms with E-state index in [1.165, 1.54) is 0 Å². The van der Waals surface area contributed by atoms with Gasteiger partial charge in [-0.1, -0.05) is 6.92 Å². The first-order valence-electron chi connectivity index (χ1n) is 9.19. The van der Waals surface area contributed by atoms with Crippen molar-refractivity contribution < 1.29 is 23.1 Å². The maximum atomic E-state index is 13.0. The van der Waals surface area contributed by atoms with Crippen LogP contribution in [0.2, 0.25) is 0 Å². The number of halogens is 3. The Morgan fingerprint density at radius 2 is 1.93 bits per heavy atom. The van der Waals surface area contributed by atoms with Gasteiger partial charge in [0.1, 0.15) is 0 Å². The van der Waals surface area contributed by atoms with Crippen molar-refractivity contribution in [2.45, 2.75) is 38.0 Å². The number of amides is 1. The molecule has 1 N–H and O–H groups in total. The van der Waals surface area contributed by atoms with Crippen LogP contribution in [0.15, 0.2) is 36.5 Å². The van der Waals surface area contributed by atoms with Crippen molar-refractivity contribution >= 4 is 5.91 Å². The van der Waals surface area contributed by atoms with Crippen molar-refractivity contribution in [2.24, 2.45) is 5.92 Å². The lowest BCUT2D eigenvalue weighted by atomic mass is 9.83. The number of carbonyl (C=O) groups is 1. The number of carbonyl (C=O) groups excluding carboxylic acids is 1. The molecule has 1 fully saturated rings. The number of benzene rings is 1. The summed E-state index contributed by atoms with van der Waals surface area (Å²) in [6, 6.07) is 10.8. The summed E-state index contributed by atoms with van der Waals surface area (Å²) >= 11 is 0. The largest absolute Gasteiger partial charge is 0.426 e. The fourth-order valence-electron chi connectivity index (χ4n) is 3.69. The molecule has 9 heteroatoms. The van der Waals surface area contributed by atoms with Crippen LogP contribution in [-0.2, 0) is 4.79 Å². The van der Waals surface area contributed by atoms with Gasteiger partial charge in [-0.05, 0) is 49.6 Å². The molecule has 0 spiro atoms. The predicted molar refractivity (Wildman–Crippen MR) is 98.1 cm³/mol. The average Bonchev–Trinajstić information content (AvgIpc) is 3.16. The Bertz CT molecular complexity index is 928. The summed E-state index contributed by atoms with van der Waals surface area (Å²) in [6.45, 7) is 2.57. The highest BCUT2D eigenvalue weighted by Gasteiger charge is 2.57. The highest BCUT2D eigenvalue weighted by molar-refractivity contribution is 5.85. The normalized spacial score (nSPS) is 22.0. The predicted octanol–water partition coefficient (Wildman–Crippen LogP) is 3.01. The quantitative estimate of drug-likeness (QED) is 0.850. The summed E-state index contributed by atoms with van der Waals surface area (Å²) in [5, 5.41) is 23.0. The number of hydrogen-bond acceptors (Lipinski definition) is 4. The molecule has 2 heterocycles. The van der Waals surface area contributed by atoms with Gasteiger partial charge in [0.05, 0.1) is 17.3 Å². The lowest BCUT2D eigenvalue weighted by Crippen LogP contribution is -2.58. The molecule has 1 amide bonds. The lowest BCUT2D eigenvalue weighted by Gasteiger charge is -2.40. The number of aromatic nitrogens is 2. The Hall–Kier alpha value is -2.86. The first kappa shape index (κ1) is 20.9. The zero-order valence-corrected chi connectivity index (χ0v) is 16.0. The van der Waals surface area contributed by atoms with E-state index in [0.717, 1.165) is 16.3 Å². The van der Waals surface area contributed by atoms with Crippen LogP contribution in [0.3, 0.4) is 0 Å². The van der Waals surface area contributed by atoms with E-state index in [0.29, 0.717) is 18.9 Å². The van der Waals surface area contributed by atoms with Gasteiger partial charge in [0.2, 0.25) is 5.60 Å². The Labute approximate surface area is 166 Å². The molecular weight excluding hydrogens is 385 g/mol. The molecule has 1 saturated heterocycles. The SMILES string of the molecule is C[C@@H]1CN(C(=O)[C@@](C)(O)C(F)(F)F)CCC1c1ccnn1-c1ccc(C#N)cc1. The van der Waals surface area contributed by atoms with E-state index in [2.05, 4.69) is 11.2 Å². The first-order valence-corrected chi connectivity index (χ1v) is 9.19. The van der Waals surface area contributed by atoms with Gasteiger partial charge in [-0.25, -0.2) is 4.68 Å². The molecule has 0 radical (unpaired) electrons. The van der Waals surface area contributed by atoms with Crippen LogP contribution in [0.25, 0.3) is 5.69 Å². The highest BCUT2D eigenvalue weighted by Crippen LogP contribution is 2.37. The van der Waals surface area contributed by atoms with Crippen molar-refractivity contribution in [1.29, 1.82) is 5.26 Å². The fraction of sp³-hybridized carbons (Fsp3) is 0.450. The average molecular weight is 406 g/mol. The summed E-state index contributed by atoms with van der Waals surface area (Å²) in [6.07, 6.45) is -2.94. The number of aliphatic hydroxyl groups is 1. The molecule has 0 aliphatic carbocycles. The van der Waals surface area contributed by atoms with E-state index in [1.807, 2.05) is 13.0 Å². The zero-order valence-electron chi connectivity index (χ0n) is 16.0. The van der Waals surface area contributed by atoms with Crippen LogP contribution in [0.4, 0.5) is 13.2 Å². The summed E-state index contributed by atoms with van der Waals surface area (Å²) in [5.74, 6) is -1.48. The van der Waals surface area contributed by atoms with Crippen LogP contribution in [-0.4, -0.2) is 50.6 Å². The molecule has 2 aromatic rings. The zero-order chi connectivity index (χ0) is 21.4. The molecule has 3 rings (SSSR count). The Balaban J connectivity index is 1.79. The molecule has 0 bridgehead atoms. The van der Waals surface area contributed by atoms with E-state index < -0.39 is 17.7 Å². The van der Waals surface area contributed by atoms with E-state index >= 15 is 0 Å². The number of alkyl halides is 3. The minimum atomic E-state index is -5.03. The molecule has 1 aromatic heterocycles. The maximum Gasteiger partial charge on any atom is 0.426 e. The molecular formula is C20H21F3N4O2. The van der Waals surface area contributed by atoms with Crippen LogP contribution >= 0.6 is 0 Å². The number of nitrogens with zero attached hydrogens (tertiary/aromatic N) is 4. The second kappa shape index (κ2) is 7.52. The molecule has 1 unspecified atom stereocenters. The van der Waals surface area contributed by atoms with E-state index in [-0.39, 0.29) is 24.9 Å². The summed E-state index contributed by atoms with van der Waals surface area (Å²) in [4.78, 5) is 13.3. The van der Waals surface area contributed by atoms with Gasteiger partial charge in [-0.15, -0.1) is 0 Å². The van der Waals surface area contributed by atoms with Gasteiger partial charge in [0.15, 0.2) is 0 Å². The smallest absolute Gasteiger partial charge is 0.373 e. The van der Waals surface area contributed by atoms with E-state index in [9.17, 15) is 23.1 Å². The van der Waals surface area contributed by atoms with E-state index in [4.69, 9.17) is 5.26 Å². The Morgan fingerprint density at radius 3 is 2.48 bits per heavy atom. The molecule has 6 nitrogen and oxygen atoms in total. The van der Waals surface area contributed by atoms with Crippen molar-refractivity contribution in [3.05, 3.63) is 47.8 Å². The van der Waals surface area contributed by atoms with Gasteiger partial charge in [-0.2, -0.15) is 23.5 Å². The monoisotopic (exact) mass is 406 g/mol. The molecule has 3 atom stereocenters. The van der Waals surface area contributed by atoms with Gasteiger partial charge in [0.25, 0.3) is 5.91 Å². The van der Waals surface area contributed by atoms with Crippen LogP contribution < -0.4 is 0 Å². The van der Waals surface area contributed by atoms with E-state index in [1.54, 1.807) is 35.1 Å². The van der Waals surface area contributed by atoms with Gasteiger partial charge in [0, 0.05) is 30.9 Å². The molecule has 1 aliphatic heterocycles. The van der Waals surface area contributed by atoms with Crippen LogP contribution in [0.1, 0.15) is 37.4 Å². The van der Waals surface area contributed by atoms with Crippen molar-refractivity contribution in [3.8, 4) is 11.8 Å². The van der Waals surface area contributed by atoms with Crippen LogP contribution in [0.5, 0.6) is 0 Å². The third-order valence-corrected chi connectivity index (χ3v) is 5.45. The second-order valence-corrected chi connectivity index (χ2v) is 7.52. The van der Waals surface area contributed by atoms with Crippen molar-refractivity contribution in [1.82, 2.24) is 14.7 Å². The van der Waals surface area contributed by atoms with Gasteiger partial charge in [-0.3, -0.25) is 4.79 Å². The van der Waals surface area contributed by atoms with Crippen molar-refractivity contribution in [3.63, 3.8) is 0 Å². The number of piperidine rings is 1. The number of hydrogen-bond donors (Lipinski definition) is 1. The third-order valence-electron chi connectivity index (χ3n) is 5.45. The Kier molecular flexibility index (Phi) is 5.41. The number of nitriles is 1. The topological polar surface area (TPSA) is 82.2 Å². The summed E-state index contributed by atoms with van der Waals surface area (Å²) < 4.78 is 40.7. The highest BCUT2D eigenvalue weighted by atomic mass is 19.4. The molecule has 154 valence electrons. The maximum absolute atomic E-state index is 13.0. The second-order valence-electron chi connectivity index (χ2n) is 7.52. The summed E-state index contributed by atoms with van der Waals surface area (Å²) in [5.41, 5.74) is -1.21. The Morgan fingerprint density at radius 1 is 1.28 bits per heavy atom. The molecule has 1 aromatic carbocycles. The molecule has 29 heavy (non-hydrogen) atoms. The lowest BCUT2D eigenvalue weighted by molar-refractivity contribution is -0.250. The minimum Gasteiger partial charge on any atom is -0.373 e. The minimum absolute atomic E-state index is 0.0203. The fourth-order valence-corrected chi connectivity index (χ4v) is 3.69. The third kappa shape index (κ3) is 3.85. The molecule has 0 saturated carbocycles. The van der Waals surface area contributed by atoms with Gasteiger partial charge < -0.3 is 10.0 Å². The van der Waals surface area contributed by atoms with Crippen molar-refractivity contribution in [2.75, 3.05) is 13.1 Å². The first-order chi connectivity index (χ1) is 13.6.